The summed E-state index contributed by atoms with van der Waals surface area (Å²) in [4.78, 5) is 19.1. The second-order valence-electron chi connectivity index (χ2n) is 11.0. The second-order valence-corrected chi connectivity index (χ2v) is 11.0. The summed E-state index contributed by atoms with van der Waals surface area (Å²) in [6.45, 7) is 6.17. The third-order valence-electron chi connectivity index (χ3n) is 8.21. The highest BCUT2D eigenvalue weighted by molar-refractivity contribution is 5.81. The highest BCUT2D eigenvalue weighted by atomic mass is 19.1. The number of likely N-dealkylation sites (tertiary alicyclic amines) is 1. The van der Waals surface area contributed by atoms with Gasteiger partial charge >= 0.3 is 0 Å². The number of H-pyrrole nitrogens is 1. The number of nitrogens with zero attached hydrogens (tertiary/aromatic N) is 5. The molecule has 40 heavy (non-hydrogen) atoms. The molecular weight excluding hydrogens is 503 g/mol. The number of piperidine rings is 1. The molecular formula is C32H33FN6O. The summed E-state index contributed by atoms with van der Waals surface area (Å²) >= 11 is 0. The molecule has 204 valence electrons. The van der Waals surface area contributed by atoms with Crippen molar-refractivity contribution in [3.8, 4) is 0 Å². The highest BCUT2D eigenvalue weighted by Crippen LogP contribution is 2.32. The lowest BCUT2D eigenvalue weighted by Gasteiger charge is -2.37. The number of aryl methyl sites for hydroxylation is 2. The number of nitrogens with one attached hydrogen (secondary N) is 1. The van der Waals surface area contributed by atoms with Crippen LogP contribution in [0.2, 0.25) is 0 Å². The minimum atomic E-state index is -0.414. The van der Waals surface area contributed by atoms with Gasteiger partial charge in [0.05, 0.1) is 6.54 Å². The van der Waals surface area contributed by atoms with Crippen molar-refractivity contribution in [2.45, 2.75) is 45.7 Å². The number of rotatable bonds is 7. The SMILES string of the molecule is Cc1cc2cc([C@H](c3nnnn3Cc3ccc(F)cc3)N3CCC(Cc4ccccc4)CC3)c(=O)[nH]c2cc1C. The molecule has 1 N–H and O–H groups in total. The molecule has 0 spiro atoms. The molecule has 3 aromatic carbocycles. The predicted molar refractivity (Wildman–Crippen MR) is 154 cm³/mol. The van der Waals surface area contributed by atoms with Gasteiger partial charge in [-0.3, -0.25) is 9.69 Å². The third kappa shape index (κ3) is 5.45. The minimum Gasteiger partial charge on any atom is -0.322 e. The van der Waals surface area contributed by atoms with E-state index < -0.39 is 6.04 Å². The predicted octanol–water partition coefficient (Wildman–Crippen LogP) is 5.36. The lowest BCUT2D eigenvalue weighted by Crippen LogP contribution is -2.41. The van der Waals surface area contributed by atoms with Crippen molar-refractivity contribution in [2.24, 2.45) is 5.92 Å². The average Bonchev–Trinajstić information content (AvgIpc) is 3.40. The maximum atomic E-state index is 13.6. The van der Waals surface area contributed by atoms with E-state index in [-0.39, 0.29) is 11.4 Å². The van der Waals surface area contributed by atoms with Crippen LogP contribution in [0.5, 0.6) is 0 Å². The molecule has 1 aliphatic rings. The first kappa shape index (κ1) is 26.1. The van der Waals surface area contributed by atoms with Crippen LogP contribution in [0.4, 0.5) is 4.39 Å². The van der Waals surface area contributed by atoms with Crippen LogP contribution in [0.25, 0.3) is 10.9 Å². The van der Waals surface area contributed by atoms with E-state index in [1.54, 1.807) is 16.8 Å². The fourth-order valence-electron chi connectivity index (χ4n) is 5.84. The Labute approximate surface area is 232 Å². The maximum Gasteiger partial charge on any atom is 0.253 e. The molecule has 8 heteroatoms. The number of benzene rings is 3. The van der Waals surface area contributed by atoms with Gasteiger partial charge in [0.15, 0.2) is 5.82 Å². The van der Waals surface area contributed by atoms with Crippen LogP contribution in [0, 0.1) is 25.6 Å². The van der Waals surface area contributed by atoms with Gasteiger partial charge in [0.2, 0.25) is 0 Å². The topological polar surface area (TPSA) is 79.7 Å². The quantitative estimate of drug-likeness (QED) is 0.303. The van der Waals surface area contributed by atoms with Crippen molar-refractivity contribution < 1.29 is 4.39 Å². The van der Waals surface area contributed by atoms with Gasteiger partial charge in [0.1, 0.15) is 11.9 Å². The van der Waals surface area contributed by atoms with Gasteiger partial charge in [-0.15, -0.1) is 5.10 Å². The Bertz CT molecular complexity index is 1670. The molecule has 0 radical (unpaired) electrons. The maximum absolute atomic E-state index is 13.6. The van der Waals surface area contributed by atoms with E-state index in [2.05, 4.69) is 68.7 Å². The molecule has 1 atom stereocenters. The Balaban J connectivity index is 1.36. The average molecular weight is 537 g/mol. The zero-order valence-corrected chi connectivity index (χ0v) is 22.8. The van der Waals surface area contributed by atoms with E-state index in [4.69, 9.17) is 0 Å². The fraction of sp³-hybridized carbons (Fsp3) is 0.312. The Morgan fingerprint density at radius 2 is 1.68 bits per heavy atom. The van der Waals surface area contributed by atoms with Crippen LogP contribution in [0.15, 0.2) is 77.6 Å². The monoisotopic (exact) mass is 536 g/mol. The summed E-state index contributed by atoms with van der Waals surface area (Å²) in [7, 11) is 0. The molecule has 1 fully saturated rings. The van der Waals surface area contributed by atoms with E-state index in [1.807, 2.05) is 19.1 Å². The number of fused-ring (bicyclic) bond motifs is 1. The van der Waals surface area contributed by atoms with E-state index in [0.29, 0.717) is 23.9 Å². The summed E-state index contributed by atoms with van der Waals surface area (Å²) < 4.78 is 15.3. The molecule has 2 aromatic heterocycles. The summed E-state index contributed by atoms with van der Waals surface area (Å²) in [5.74, 6) is 0.903. The number of aromatic nitrogens is 5. The van der Waals surface area contributed by atoms with Gasteiger partial charge < -0.3 is 4.98 Å². The van der Waals surface area contributed by atoms with Gasteiger partial charge in [0, 0.05) is 11.1 Å². The smallest absolute Gasteiger partial charge is 0.253 e. The number of pyridine rings is 1. The normalized spacial score (nSPS) is 15.5. The molecule has 6 rings (SSSR count). The van der Waals surface area contributed by atoms with Gasteiger partial charge in [-0.05, 0) is 121 Å². The number of hydrogen-bond donors (Lipinski definition) is 1. The first-order valence-corrected chi connectivity index (χ1v) is 13.9. The van der Waals surface area contributed by atoms with Crippen LogP contribution in [-0.2, 0) is 13.0 Å². The number of halogens is 1. The number of tetrazole rings is 1. The summed E-state index contributed by atoms with van der Waals surface area (Å²) in [6.07, 6.45) is 3.10. The summed E-state index contributed by atoms with van der Waals surface area (Å²) in [5.41, 5.74) is 5.87. The molecule has 1 saturated heterocycles. The molecule has 0 saturated carbocycles. The summed E-state index contributed by atoms with van der Waals surface area (Å²) in [6, 6.07) is 22.7. The second kappa shape index (κ2) is 11.1. The number of aromatic amines is 1. The van der Waals surface area contributed by atoms with Crippen molar-refractivity contribution in [3.05, 3.63) is 123 Å². The van der Waals surface area contributed by atoms with E-state index in [9.17, 15) is 9.18 Å². The fourth-order valence-corrected chi connectivity index (χ4v) is 5.84. The molecule has 0 unspecified atom stereocenters. The van der Waals surface area contributed by atoms with Crippen LogP contribution in [-0.4, -0.2) is 43.2 Å². The first-order chi connectivity index (χ1) is 19.4. The van der Waals surface area contributed by atoms with Crippen molar-refractivity contribution in [1.29, 1.82) is 0 Å². The van der Waals surface area contributed by atoms with Crippen molar-refractivity contribution in [3.63, 3.8) is 0 Å². The van der Waals surface area contributed by atoms with Crippen molar-refractivity contribution >= 4 is 10.9 Å². The van der Waals surface area contributed by atoms with Crippen LogP contribution in [0.3, 0.4) is 0 Å². The van der Waals surface area contributed by atoms with Gasteiger partial charge in [-0.2, -0.15) is 0 Å². The van der Waals surface area contributed by atoms with E-state index >= 15 is 0 Å². The van der Waals surface area contributed by atoms with Crippen molar-refractivity contribution in [1.82, 2.24) is 30.1 Å². The summed E-state index contributed by atoms with van der Waals surface area (Å²) in [5, 5.41) is 13.7. The van der Waals surface area contributed by atoms with Crippen LogP contribution < -0.4 is 5.56 Å². The van der Waals surface area contributed by atoms with Gasteiger partial charge in [0.25, 0.3) is 5.56 Å². The molecule has 7 nitrogen and oxygen atoms in total. The molecule has 3 heterocycles. The Morgan fingerprint density at radius 3 is 2.42 bits per heavy atom. The first-order valence-electron chi connectivity index (χ1n) is 13.9. The lowest BCUT2D eigenvalue weighted by atomic mass is 9.89. The molecule has 0 bridgehead atoms. The van der Waals surface area contributed by atoms with E-state index in [0.717, 1.165) is 54.4 Å². The third-order valence-corrected chi connectivity index (χ3v) is 8.21. The van der Waals surface area contributed by atoms with Gasteiger partial charge in [-0.1, -0.05) is 42.5 Å². The molecule has 0 aliphatic carbocycles. The largest absolute Gasteiger partial charge is 0.322 e. The van der Waals surface area contributed by atoms with Crippen molar-refractivity contribution in [2.75, 3.05) is 13.1 Å². The minimum absolute atomic E-state index is 0.136. The number of hydrogen-bond acceptors (Lipinski definition) is 5. The molecule has 0 amide bonds. The zero-order valence-electron chi connectivity index (χ0n) is 22.8. The zero-order chi connectivity index (χ0) is 27.6. The lowest BCUT2D eigenvalue weighted by molar-refractivity contribution is 0.143. The standard InChI is InChI=1S/C32H33FN6O/c1-21-16-26-19-28(32(40)34-29(26)17-22(21)2)30(31-35-36-37-39(31)20-25-8-10-27(33)11-9-25)38-14-12-24(13-15-38)18-23-6-4-3-5-7-23/h3-11,16-17,19,24,30H,12-15,18,20H2,1-2H3,(H,34,40)/t30-/m1/s1. The Morgan fingerprint density at radius 1 is 0.950 bits per heavy atom. The Hall–Kier alpha value is -4.17. The van der Waals surface area contributed by atoms with E-state index in [1.165, 1.54) is 23.3 Å². The molecule has 1 aliphatic heterocycles. The Kier molecular flexibility index (Phi) is 7.26. The van der Waals surface area contributed by atoms with Crippen LogP contribution in [0.1, 0.15) is 52.5 Å². The highest BCUT2D eigenvalue weighted by Gasteiger charge is 2.33. The molecule has 5 aromatic rings. The van der Waals surface area contributed by atoms with Gasteiger partial charge in [-0.25, -0.2) is 9.07 Å². The van der Waals surface area contributed by atoms with Crippen LogP contribution >= 0.6 is 0 Å².